The maximum Gasteiger partial charge on any atom is 0.251 e. The standard InChI is InChI=1S/C24H39N5O.HI/c1-4-18(3)27-23(30)20-10-8-9-19(15-20)16-26-24(25-5-2)28-21-13-14-29(17-21)22-11-6-7-12-22;/h8-10,15,18,21-22H,4-7,11-14,16-17H2,1-3H3,(H,27,30)(H2,25,26,28);1H. The fraction of sp³-hybridized carbons (Fsp3) is 0.667. The SMILES string of the molecule is CCNC(=NCc1cccc(C(=O)NC(C)CC)c1)NC1CCN(C2CCCC2)C1.I. The predicted molar refractivity (Wildman–Crippen MR) is 139 cm³/mol. The zero-order chi connectivity index (χ0) is 21.3. The average molecular weight is 542 g/mol. The number of hydrogen-bond acceptors (Lipinski definition) is 3. The second-order valence-corrected chi connectivity index (χ2v) is 8.74. The summed E-state index contributed by atoms with van der Waals surface area (Å²) in [6.45, 7) is 9.88. The molecule has 1 saturated heterocycles. The molecule has 2 aliphatic rings. The highest BCUT2D eigenvalue weighted by Crippen LogP contribution is 2.26. The molecule has 174 valence electrons. The molecular formula is C24H40IN5O. The van der Waals surface area contributed by atoms with Gasteiger partial charge in [0.25, 0.3) is 5.91 Å². The van der Waals surface area contributed by atoms with Crippen molar-refractivity contribution in [1.82, 2.24) is 20.9 Å². The number of nitrogens with one attached hydrogen (secondary N) is 3. The molecule has 1 aliphatic carbocycles. The van der Waals surface area contributed by atoms with E-state index in [0.717, 1.165) is 37.1 Å². The molecule has 3 rings (SSSR count). The number of likely N-dealkylation sites (tertiary alicyclic amines) is 1. The lowest BCUT2D eigenvalue weighted by molar-refractivity contribution is 0.0939. The van der Waals surface area contributed by atoms with Gasteiger partial charge < -0.3 is 16.0 Å². The Balaban J connectivity index is 0.00000341. The number of amides is 1. The van der Waals surface area contributed by atoms with E-state index < -0.39 is 0 Å². The first kappa shape index (κ1) is 25.9. The predicted octanol–water partition coefficient (Wildman–Crippen LogP) is 3.90. The highest BCUT2D eigenvalue weighted by molar-refractivity contribution is 14.0. The molecule has 31 heavy (non-hydrogen) atoms. The van der Waals surface area contributed by atoms with Gasteiger partial charge in [-0.1, -0.05) is 31.9 Å². The van der Waals surface area contributed by atoms with Crippen LogP contribution in [0.2, 0.25) is 0 Å². The van der Waals surface area contributed by atoms with Gasteiger partial charge in [-0.05, 0) is 57.2 Å². The molecule has 2 unspecified atom stereocenters. The van der Waals surface area contributed by atoms with Gasteiger partial charge in [-0.3, -0.25) is 9.69 Å². The maximum atomic E-state index is 12.4. The third-order valence-corrected chi connectivity index (χ3v) is 6.34. The second-order valence-electron chi connectivity index (χ2n) is 8.74. The number of benzene rings is 1. The van der Waals surface area contributed by atoms with Gasteiger partial charge in [0.2, 0.25) is 0 Å². The number of guanidine groups is 1. The van der Waals surface area contributed by atoms with E-state index in [1.807, 2.05) is 31.2 Å². The minimum absolute atomic E-state index is 0. The van der Waals surface area contributed by atoms with Gasteiger partial charge in [0.05, 0.1) is 6.54 Å². The summed E-state index contributed by atoms with van der Waals surface area (Å²) in [5, 5.41) is 10.0. The van der Waals surface area contributed by atoms with Crippen LogP contribution in [0.15, 0.2) is 29.3 Å². The smallest absolute Gasteiger partial charge is 0.251 e. The van der Waals surface area contributed by atoms with Crippen LogP contribution in [0.5, 0.6) is 0 Å². The van der Waals surface area contributed by atoms with E-state index in [1.54, 1.807) is 0 Å². The molecular weight excluding hydrogens is 501 g/mol. The largest absolute Gasteiger partial charge is 0.357 e. The van der Waals surface area contributed by atoms with E-state index in [2.05, 4.69) is 34.7 Å². The normalized spacial score (nSPS) is 20.9. The van der Waals surface area contributed by atoms with Crippen molar-refractivity contribution in [2.75, 3.05) is 19.6 Å². The first-order chi connectivity index (χ1) is 14.6. The van der Waals surface area contributed by atoms with Crippen molar-refractivity contribution >= 4 is 35.8 Å². The third kappa shape index (κ3) is 7.93. The number of nitrogens with zero attached hydrogens (tertiary/aromatic N) is 2. The molecule has 1 heterocycles. The fourth-order valence-electron chi connectivity index (χ4n) is 4.41. The van der Waals surface area contributed by atoms with Gasteiger partial charge in [-0.25, -0.2) is 4.99 Å². The fourth-order valence-corrected chi connectivity index (χ4v) is 4.41. The minimum atomic E-state index is -0.0156. The summed E-state index contributed by atoms with van der Waals surface area (Å²) >= 11 is 0. The monoisotopic (exact) mass is 541 g/mol. The molecule has 0 spiro atoms. The van der Waals surface area contributed by atoms with Crippen LogP contribution in [-0.4, -0.2) is 54.5 Å². The Morgan fingerprint density at radius 1 is 1.23 bits per heavy atom. The topological polar surface area (TPSA) is 68.8 Å². The Labute approximate surface area is 205 Å². The minimum Gasteiger partial charge on any atom is -0.357 e. The highest BCUT2D eigenvalue weighted by atomic mass is 127. The summed E-state index contributed by atoms with van der Waals surface area (Å²) in [6.07, 6.45) is 7.60. The van der Waals surface area contributed by atoms with Crippen LogP contribution in [0.1, 0.15) is 75.2 Å². The third-order valence-electron chi connectivity index (χ3n) is 6.34. The van der Waals surface area contributed by atoms with Crippen molar-refractivity contribution < 1.29 is 4.79 Å². The lowest BCUT2D eigenvalue weighted by Crippen LogP contribution is -2.45. The number of halogens is 1. The van der Waals surface area contributed by atoms with Gasteiger partial charge in [-0.2, -0.15) is 0 Å². The molecule has 1 amide bonds. The highest BCUT2D eigenvalue weighted by Gasteiger charge is 2.30. The van der Waals surface area contributed by atoms with Crippen LogP contribution in [-0.2, 0) is 6.54 Å². The van der Waals surface area contributed by atoms with Crippen LogP contribution >= 0.6 is 24.0 Å². The van der Waals surface area contributed by atoms with Gasteiger partial charge in [0, 0.05) is 43.3 Å². The van der Waals surface area contributed by atoms with Gasteiger partial charge in [-0.15, -0.1) is 24.0 Å². The van der Waals surface area contributed by atoms with Crippen LogP contribution in [0.3, 0.4) is 0 Å². The zero-order valence-corrected chi connectivity index (χ0v) is 21.7. The summed E-state index contributed by atoms with van der Waals surface area (Å²) in [6, 6.07) is 9.21. The van der Waals surface area contributed by atoms with Gasteiger partial charge >= 0.3 is 0 Å². The summed E-state index contributed by atoms with van der Waals surface area (Å²) in [5.74, 6) is 0.850. The Bertz CT molecular complexity index is 720. The Morgan fingerprint density at radius 2 is 2.00 bits per heavy atom. The molecule has 1 aliphatic heterocycles. The Morgan fingerprint density at radius 3 is 2.71 bits per heavy atom. The van der Waals surface area contributed by atoms with E-state index in [1.165, 1.54) is 38.6 Å². The van der Waals surface area contributed by atoms with E-state index in [-0.39, 0.29) is 35.9 Å². The van der Waals surface area contributed by atoms with Crippen molar-refractivity contribution in [2.45, 2.75) is 84.0 Å². The molecule has 1 aromatic carbocycles. The summed E-state index contributed by atoms with van der Waals surface area (Å²) in [7, 11) is 0. The number of carbonyl (C=O) groups excluding carboxylic acids is 1. The first-order valence-electron chi connectivity index (χ1n) is 11.8. The van der Waals surface area contributed by atoms with E-state index in [0.29, 0.717) is 18.2 Å². The van der Waals surface area contributed by atoms with Crippen molar-refractivity contribution in [3.63, 3.8) is 0 Å². The molecule has 1 aromatic rings. The number of carbonyl (C=O) groups is 1. The van der Waals surface area contributed by atoms with E-state index in [9.17, 15) is 4.79 Å². The molecule has 0 bridgehead atoms. The van der Waals surface area contributed by atoms with Crippen molar-refractivity contribution in [1.29, 1.82) is 0 Å². The molecule has 7 heteroatoms. The van der Waals surface area contributed by atoms with Crippen molar-refractivity contribution in [2.24, 2.45) is 4.99 Å². The summed E-state index contributed by atoms with van der Waals surface area (Å²) in [5.41, 5.74) is 1.74. The second kappa shape index (κ2) is 13.3. The van der Waals surface area contributed by atoms with Crippen LogP contribution in [0.25, 0.3) is 0 Å². The van der Waals surface area contributed by atoms with Crippen molar-refractivity contribution in [3.05, 3.63) is 35.4 Å². The first-order valence-corrected chi connectivity index (χ1v) is 11.8. The molecule has 1 saturated carbocycles. The average Bonchev–Trinajstić information content (AvgIpc) is 3.44. The number of aliphatic imine (C=N–C) groups is 1. The molecule has 2 atom stereocenters. The van der Waals surface area contributed by atoms with E-state index >= 15 is 0 Å². The van der Waals surface area contributed by atoms with Gasteiger partial charge in [0.15, 0.2) is 5.96 Å². The summed E-state index contributed by atoms with van der Waals surface area (Å²) in [4.78, 5) is 19.9. The van der Waals surface area contributed by atoms with Crippen LogP contribution in [0, 0.1) is 0 Å². The quantitative estimate of drug-likeness (QED) is 0.265. The molecule has 2 fully saturated rings. The lowest BCUT2D eigenvalue weighted by atomic mass is 10.1. The van der Waals surface area contributed by atoms with Crippen LogP contribution < -0.4 is 16.0 Å². The molecule has 0 aromatic heterocycles. The van der Waals surface area contributed by atoms with Crippen molar-refractivity contribution in [3.8, 4) is 0 Å². The van der Waals surface area contributed by atoms with Crippen LogP contribution in [0.4, 0.5) is 0 Å². The maximum absolute atomic E-state index is 12.4. The zero-order valence-electron chi connectivity index (χ0n) is 19.3. The Kier molecular flexibility index (Phi) is 11.1. The lowest BCUT2D eigenvalue weighted by Gasteiger charge is -2.24. The Hall–Kier alpha value is -1.35. The van der Waals surface area contributed by atoms with E-state index in [4.69, 9.17) is 4.99 Å². The number of rotatable bonds is 8. The number of hydrogen-bond donors (Lipinski definition) is 3. The summed E-state index contributed by atoms with van der Waals surface area (Å²) < 4.78 is 0. The molecule has 3 N–H and O–H groups in total. The molecule has 6 nitrogen and oxygen atoms in total. The van der Waals surface area contributed by atoms with Gasteiger partial charge in [0.1, 0.15) is 0 Å². The molecule has 0 radical (unpaired) electrons.